The van der Waals surface area contributed by atoms with E-state index < -0.39 is 0 Å². The zero-order valence-electron chi connectivity index (χ0n) is 12.5. The van der Waals surface area contributed by atoms with Gasteiger partial charge in [0.1, 0.15) is 0 Å². The van der Waals surface area contributed by atoms with Crippen LogP contribution in [0.2, 0.25) is 0 Å². The maximum atomic E-state index is 12.2. The van der Waals surface area contributed by atoms with Crippen molar-refractivity contribution >= 4 is 30.1 Å². The maximum absolute atomic E-state index is 12.2. The Hall–Kier alpha value is 0.0700. The molecule has 0 bridgehead atoms. The first-order valence-corrected chi connectivity index (χ1v) is 9.05. The van der Waals surface area contributed by atoms with Crippen LogP contribution in [0, 0.1) is 5.92 Å². The summed E-state index contributed by atoms with van der Waals surface area (Å²) in [7, 11) is 0. The molecule has 5 heteroatoms. The number of thioether (sulfide) groups is 1. The van der Waals surface area contributed by atoms with Crippen LogP contribution in [0.25, 0.3) is 0 Å². The fourth-order valence-electron chi connectivity index (χ4n) is 2.93. The van der Waals surface area contributed by atoms with Gasteiger partial charge in [0.15, 0.2) is 0 Å². The summed E-state index contributed by atoms with van der Waals surface area (Å²) in [6.45, 7) is 3.27. The van der Waals surface area contributed by atoms with E-state index in [1.165, 1.54) is 44.3 Å². The molecule has 1 heterocycles. The van der Waals surface area contributed by atoms with Crippen LogP contribution in [0.5, 0.6) is 0 Å². The van der Waals surface area contributed by atoms with Crippen molar-refractivity contribution in [2.45, 2.75) is 64.0 Å². The molecule has 1 saturated heterocycles. The summed E-state index contributed by atoms with van der Waals surface area (Å²) in [6.07, 6.45) is 8.25. The Kier molecular flexibility index (Phi) is 8.98. The molecule has 2 rings (SSSR count). The van der Waals surface area contributed by atoms with Gasteiger partial charge in [0.2, 0.25) is 5.91 Å². The third-order valence-corrected chi connectivity index (χ3v) is 5.50. The van der Waals surface area contributed by atoms with E-state index >= 15 is 0 Å². The van der Waals surface area contributed by atoms with Crippen LogP contribution in [0.1, 0.15) is 51.9 Å². The van der Waals surface area contributed by atoms with Gasteiger partial charge in [-0.1, -0.05) is 26.2 Å². The number of hydrogen-bond acceptors (Lipinski definition) is 3. The Balaban J connectivity index is 0.00000200. The van der Waals surface area contributed by atoms with Crippen LogP contribution in [0.4, 0.5) is 0 Å². The van der Waals surface area contributed by atoms with E-state index in [4.69, 9.17) is 0 Å². The van der Waals surface area contributed by atoms with Gasteiger partial charge in [0.05, 0.1) is 0 Å². The molecule has 2 atom stereocenters. The fourth-order valence-corrected chi connectivity index (χ4v) is 3.88. The fraction of sp³-hybridized carbons (Fsp3) is 0.933. The molecule has 2 unspecified atom stereocenters. The van der Waals surface area contributed by atoms with Crippen LogP contribution < -0.4 is 10.6 Å². The van der Waals surface area contributed by atoms with Crippen LogP contribution in [-0.2, 0) is 4.79 Å². The molecule has 1 amide bonds. The molecule has 2 N–H and O–H groups in total. The lowest BCUT2D eigenvalue weighted by Crippen LogP contribution is -2.46. The maximum Gasteiger partial charge on any atom is 0.221 e. The van der Waals surface area contributed by atoms with Gasteiger partial charge in [-0.3, -0.25) is 4.79 Å². The topological polar surface area (TPSA) is 41.1 Å². The van der Waals surface area contributed by atoms with E-state index in [0.29, 0.717) is 18.5 Å². The smallest absolute Gasteiger partial charge is 0.221 e. The average molecular weight is 321 g/mol. The monoisotopic (exact) mass is 320 g/mol. The van der Waals surface area contributed by atoms with Crippen molar-refractivity contribution in [2.24, 2.45) is 5.92 Å². The lowest BCUT2D eigenvalue weighted by Gasteiger charge is -2.35. The Labute approximate surface area is 133 Å². The second-order valence-corrected chi connectivity index (χ2v) is 7.09. The lowest BCUT2D eigenvalue weighted by atomic mass is 9.78. The number of halogens is 1. The standard InChI is InChI=1S/C15H28N2OS.ClH/c1-2-3-7-14(12-5-4-6-12)17-15(18)10-13-11-19-9-8-16-13;/h12-14,16H,2-11H2,1H3,(H,17,18);1H. The van der Waals surface area contributed by atoms with Gasteiger partial charge in [-0.25, -0.2) is 0 Å². The Morgan fingerprint density at radius 3 is 2.80 bits per heavy atom. The first-order valence-electron chi connectivity index (χ1n) is 7.90. The summed E-state index contributed by atoms with van der Waals surface area (Å²) in [5.41, 5.74) is 0. The molecule has 20 heavy (non-hydrogen) atoms. The van der Waals surface area contributed by atoms with E-state index in [0.717, 1.165) is 18.2 Å². The number of rotatable bonds is 7. The van der Waals surface area contributed by atoms with Gasteiger partial charge < -0.3 is 10.6 Å². The molecular weight excluding hydrogens is 292 g/mol. The third kappa shape index (κ3) is 5.82. The summed E-state index contributed by atoms with van der Waals surface area (Å²) in [6, 6.07) is 0.824. The second-order valence-electron chi connectivity index (χ2n) is 5.94. The van der Waals surface area contributed by atoms with Crippen molar-refractivity contribution in [3.05, 3.63) is 0 Å². The van der Waals surface area contributed by atoms with E-state index in [-0.39, 0.29) is 18.3 Å². The quantitative estimate of drug-likeness (QED) is 0.757. The summed E-state index contributed by atoms with van der Waals surface area (Å²) in [4.78, 5) is 12.2. The van der Waals surface area contributed by atoms with Gasteiger partial charge in [-0.15, -0.1) is 12.4 Å². The summed E-state index contributed by atoms with van der Waals surface area (Å²) >= 11 is 1.96. The number of carbonyl (C=O) groups is 1. The van der Waals surface area contributed by atoms with Crippen LogP contribution in [0.3, 0.4) is 0 Å². The predicted molar refractivity (Wildman–Crippen MR) is 89.8 cm³/mol. The minimum atomic E-state index is 0. The minimum Gasteiger partial charge on any atom is -0.353 e. The molecule has 0 aromatic carbocycles. The molecule has 2 fully saturated rings. The predicted octanol–water partition coefficient (Wildman–Crippen LogP) is 2.98. The van der Waals surface area contributed by atoms with Gasteiger partial charge in [0, 0.05) is 36.6 Å². The van der Waals surface area contributed by atoms with E-state index in [1.807, 2.05) is 11.8 Å². The largest absolute Gasteiger partial charge is 0.353 e. The molecule has 1 saturated carbocycles. The van der Waals surface area contributed by atoms with Crippen molar-refractivity contribution in [3.63, 3.8) is 0 Å². The molecule has 2 aliphatic rings. The molecule has 1 aliphatic carbocycles. The van der Waals surface area contributed by atoms with E-state index in [1.54, 1.807) is 0 Å². The molecule has 0 radical (unpaired) electrons. The van der Waals surface area contributed by atoms with E-state index in [9.17, 15) is 4.79 Å². The number of amides is 1. The van der Waals surface area contributed by atoms with Crippen molar-refractivity contribution < 1.29 is 4.79 Å². The average Bonchev–Trinajstić information content (AvgIpc) is 2.35. The summed E-state index contributed by atoms with van der Waals surface area (Å²) in [5.74, 6) is 3.27. The summed E-state index contributed by atoms with van der Waals surface area (Å²) < 4.78 is 0. The van der Waals surface area contributed by atoms with Crippen molar-refractivity contribution in [2.75, 3.05) is 18.1 Å². The highest BCUT2D eigenvalue weighted by Gasteiger charge is 2.28. The molecule has 3 nitrogen and oxygen atoms in total. The second kappa shape index (κ2) is 9.91. The molecule has 118 valence electrons. The van der Waals surface area contributed by atoms with Crippen LogP contribution in [0.15, 0.2) is 0 Å². The minimum absolute atomic E-state index is 0. The first-order chi connectivity index (χ1) is 9.29. The number of hydrogen-bond donors (Lipinski definition) is 2. The number of unbranched alkanes of at least 4 members (excludes halogenated alkanes) is 1. The van der Waals surface area contributed by atoms with Gasteiger partial charge in [0.25, 0.3) is 0 Å². The molecule has 0 spiro atoms. The van der Waals surface area contributed by atoms with Gasteiger partial charge in [-0.2, -0.15) is 11.8 Å². The molecule has 0 aromatic heterocycles. The lowest BCUT2D eigenvalue weighted by molar-refractivity contribution is -0.122. The van der Waals surface area contributed by atoms with Crippen molar-refractivity contribution in [3.8, 4) is 0 Å². The molecule has 1 aliphatic heterocycles. The summed E-state index contributed by atoms with van der Waals surface area (Å²) in [5, 5.41) is 6.75. The molecule has 0 aromatic rings. The van der Waals surface area contributed by atoms with Crippen molar-refractivity contribution in [1.82, 2.24) is 10.6 Å². The third-order valence-electron chi connectivity index (χ3n) is 4.36. The van der Waals surface area contributed by atoms with Crippen LogP contribution >= 0.6 is 24.2 Å². The number of nitrogens with one attached hydrogen (secondary N) is 2. The van der Waals surface area contributed by atoms with Gasteiger partial charge >= 0.3 is 0 Å². The highest BCUT2D eigenvalue weighted by molar-refractivity contribution is 7.99. The molecular formula is C15H29ClN2OS. The number of carbonyl (C=O) groups excluding carboxylic acids is 1. The Morgan fingerprint density at radius 2 is 2.25 bits per heavy atom. The zero-order chi connectivity index (χ0) is 13.5. The Bertz CT molecular complexity index is 281. The van der Waals surface area contributed by atoms with Crippen LogP contribution in [-0.4, -0.2) is 36.0 Å². The van der Waals surface area contributed by atoms with Gasteiger partial charge in [-0.05, 0) is 25.2 Å². The highest BCUT2D eigenvalue weighted by atomic mass is 35.5. The SMILES string of the molecule is CCCCC(NC(=O)CC1CSCCN1)C1CCC1.Cl. The highest BCUT2D eigenvalue weighted by Crippen LogP contribution is 2.31. The Morgan fingerprint density at radius 1 is 1.45 bits per heavy atom. The first kappa shape index (κ1) is 18.1. The van der Waals surface area contributed by atoms with Crippen molar-refractivity contribution in [1.29, 1.82) is 0 Å². The zero-order valence-corrected chi connectivity index (χ0v) is 14.2. The normalized spacial score (nSPS) is 24.4. The van der Waals surface area contributed by atoms with E-state index in [2.05, 4.69) is 17.6 Å².